The van der Waals surface area contributed by atoms with E-state index < -0.39 is 15.9 Å². The summed E-state index contributed by atoms with van der Waals surface area (Å²) in [4.78, 5) is 25.2. The molecule has 10 nitrogen and oxygen atoms in total. The second-order valence-corrected chi connectivity index (χ2v) is 9.47. The Hall–Kier alpha value is -3.54. The van der Waals surface area contributed by atoms with Gasteiger partial charge in [-0.05, 0) is 29.8 Å². The van der Waals surface area contributed by atoms with Gasteiger partial charge in [-0.1, -0.05) is 30.3 Å². The Morgan fingerprint density at radius 1 is 1.09 bits per heavy atom. The fraction of sp³-hybridized carbons (Fsp3) is 0.261. The fourth-order valence-corrected chi connectivity index (χ4v) is 4.94. The quantitative estimate of drug-likeness (QED) is 0.541. The number of aromatic nitrogens is 2. The van der Waals surface area contributed by atoms with Gasteiger partial charge in [-0.15, -0.1) is 0 Å². The van der Waals surface area contributed by atoms with Crippen LogP contribution in [0.15, 0.2) is 70.4 Å². The molecule has 1 saturated heterocycles. The van der Waals surface area contributed by atoms with Gasteiger partial charge in [0.25, 0.3) is 11.5 Å². The second kappa shape index (κ2) is 10.2. The van der Waals surface area contributed by atoms with E-state index in [1.54, 1.807) is 0 Å². The van der Waals surface area contributed by atoms with Crippen molar-refractivity contribution in [2.24, 2.45) is 0 Å². The van der Waals surface area contributed by atoms with Crippen LogP contribution in [0.4, 0.5) is 5.69 Å². The summed E-state index contributed by atoms with van der Waals surface area (Å²) in [5.74, 6) is -0.326. The minimum Gasteiger partial charge on any atom is -0.495 e. The largest absolute Gasteiger partial charge is 0.495 e. The number of amides is 1. The molecule has 2 aromatic carbocycles. The third-order valence-corrected chi connectivity index (χ3v) is 7.20. The van der Waals surface area contributed by atoms with Crippen molar-refractivity contribution in [3.8, 4) is 5.75 Å². The normalized spacial score (nSPS) is 14.5. The molecule has 0 saturated carbocycles. The number of anilines is 1. The number of carbonyl (C=O) groups excluding carboxylic acids is 1. The highest BCUT2D eigenvalue weighted by Gasteiger charge is 2.27. The first-order chi connectivity index (χ1) is 16.4. The molecule has 2 heterocycles. The van der Waals surface area contributed by atoms with Gasteiger partial charge in [-0.2, -0.15) is 9.40 Å². The van der Waals surface area contributed by atoms with Crippen molar-refractivity contribution in [1.82, 2.24) is 14.1 Å². The van der Waals surface area contributed by atoms with Crippen LogP contribution in [0.2, 0.25) is 0 Å². The van der Waals surface area contributed by atoms with Gasteiger partial charge in [0.1, 0.15) is 11.4 Å². The molecule has 0 unspecified atom stereocenters. The monoisotopic (exact) mass is 484 g/mol. The van der Waals surface area contributed by atoms with E-state index >= 15 is 0 Å². The van der Waals surface area contributed by atoms with E-state index in [2.05, 4.69) is 10.4 Å². The standard InChI is InChI=1S/C23H24N4O6S/c1-32-21-9-7-18(34(30,31)26-11-13-33-14-12-26)15-20(21)24-23(29)19-8-10-22(28)27(25-19)16-17-5-3-2-4-6-17/h2-10,15H,11-14,16H2,1H3,(H,24,29). The SMILES string of the molecule is COc1ccc(S(=O)(=O)N2CCOCC2)cc1NC(=O)c1ccc(=O)n(Cc2ccccc2)n1. The van der Waals surface area contributed by atoms with Crippen molar-refractivity contribution >= 4 is 21.6 Å². The molecule has 11 heteroatoms. The molecule has 34 heavy (non-hydrogen) atoms. The van der Waals surface area contributed by atoms with Crippen molar-refractivity contribution in [2.45, 2.75) is 11.4 Å². The Bertz CT molecular complexity index is 1340. The molecule has 0 radical (unpaired) electrons. The highest BCUT2D eigenvalue weighted by molar-refractivity contribution is 7.89. The molecule has 4 rings (SSSR count). The van der Waals surface area contributed by atoms with Crippen molar-refractivity contribution in [3.63, 3.8) is 0 Å². The molecule has 0 atom stereocenters. The average molecular weight is 485 g/mol. The van der Waals surface area contributed by atoms with E-state index in [1.807, 2.05) is 30.3 Å². The summed E-state index contributed by atoms with van der Waals surface area (Å²) in [7, 11) is -2.36. The number of benzene rings is 2. The van der Waals surface area contributed by atoms with Crippen LogP contribution < -0.4 is 15.6 Å². The maximum absolute atomic E-state index is 13.0. The van der Waals surface area contributed by atoms with Crippen LogP contribution >= 0.6 is 0 Å². The molecule has 0 bridgehead atoms. The van der Waals surface area contributed by atoms with E-state index in [-0.39, 0.29) is 47.2 Å². The second-order valence-electron chi connectivity index (χ2n) is 7.53. The van der Waals surface area contributed by atoms with Gasteiger partial charge in [0.15, 0.2) is 0 Å². The van der Waals surface area contributed by atoms with Crippen LogP contribution in [0.25, 0.3) is 0 Å². The molecular formula is C23H24N4O6S. The number of rotatable bonds is 7. The number of nitrogens with zero attached hydrogens (tertiary/aromatic N) is 3. The predicted octanol–water partition coefficient (Wildman–Crippen LogP) is 1.57. The van der Waals surface area contributed by atoms with Gasteiger partial charge in [0.2, 0.25) is 10.0 Å². The van der Waals surface area contributed by atoms with Gasteiger partial charge >= 0.3 is 0 Å². The molecule has 1 aliphatic heterocycles. The van der Waals surface area contributed by atoms with Gasteiger partial charge in [-0.3, -0.25) is 9.59 Å². The van der Waals surface area contributed by atoms with Crippen LogP contribution in [0.3, 0.4) is 0 Å². The summed E-state index contributed by atoms with van der Waals surface area (Å²) in [6.07, 6.45) is 0. The summed E-state index contributed by atoms with van der Waals surface area (Å²) in [5.41, 5.74) is 0.678. The van der Waals surface area contributed by atoms with Crippen molar-refractivity contribution in [1.29, 1.82) is 0 Å². The molecule has 0 aliphatic carbocycles. The zero-order valence-corrected chi connectivity index (χ0v) is 19.3. The van der Waals surface area contributed by atoms with Crippen LogP contribution in [-0.2, 0) is 21.3 Å². The summed E-state index contributed by atoms with van der Waals surface area (Å²) in [6, 6.07) is 16.1. The Kier molecular flexibility index (Phi) is 7.06. The predicted molar refractivity (Wildman–Crippen MR) is 125 cm³/mol. The zero-order valence-electron chi connectivity index (χ0n) is 18.5. The third kappa shape index (κ3) is 5.16. The lowest BCUT2D eigenvalue weighted by molar-refractivity contribution is 0.0730. The number of hydrogen-bond acceptors (Lipinski definition) is 7. The molecule has 1 N–H and O–H groups in total. The van der Waals surface area contributed by atoms with Crippen LogP contribution in [0, 0.1) is 0 Å². The molecule has 1 aromatic heterocycles. The lowest BCUT2D eigenvalue weighted by atomic mass is 10.2. The molecule has 3 aromatic rings. The van der Waals surface area contributed by atoms with E-state index in [0.29, 0.717) is 13.2 Å². The molecule has 1 amide bonds. The van der Waals surface area contributed by atoms with Gasteiger partial charge in [0, 0.05) is 19.2 Å². The first kappa shape index (κ1) is 23.6. The number of hydrogen-bond donors (Lipinski definition) is 1. The van der Waals surface area contributed by atoms with E-state index in [1.165, 1.54) is 46.4 Å². The number of nitrogens with one attached hydrogen (secondary N) is 1. The zero-order chi connectivity index (χ0) is 24.1. The minimum absolute atomic E-state index is 0.000904. The molecule has 1 aliphatic rings. The molecule has 0 spiro atoms. The Labute approximate surface area is 196 Å². The van der Waals surface area contributed by atoms with Gasteiger partial charge in [0.05, 0.1) is 37.5 Å². The third-order valence-electron chi connectivity index (χ3n) is 5.30. The van der Waals surface area contributed by atoms with Crippen LogP contribution in [-0.4, -0.2) is 61.8 Å². The maximum atomic E-state index is 13.0. The molecule has 1 fully saturated rings. The Morgan fingerprint density at radius 3 is 2.53 bits per heavy atom. The number of sulfonamides is 1. The molecular weight excluding hydrogens is 460 g/mol. The van der Waals surface area contributed by atoms with E-state index in [4.69, 9.17) is 9.47 Å². The highest BCUT2D eigenvalue weighted by atomic mass is 32.2. The van der Waals surface area contributed by atoms with Crippen molar-refractivity contribution < 1.29 is 22.7 Å². The Morgan fingerprint density at radius 2 is 1.82 bits per heavy atom. The van der Waals surface area contributed by atoms with E-state index in [0.717, 1.165) is 5.56 Å². The van der Waals surface area contributed by atoms with Crippen LogP contribution in [0.1, 0.15) is 16.1 Å². The number of carbonyl (C=O) groups is 1. The topological polar surface area (TPSA) is 120 Å². The number of ether oxygens (including phenoxy) is 2. The Balaban J connectivity index is 1.59. The summed E-state index contributed by atoms with van der Waals surface area (Å²) in [5, 5.41) is 6.83. The van der Waals surface area contributed by atoms with Gasteiger partial charge in [-0.25, -0.2) is 13.1 Å². The number of methoxy groups -OCH3 is 1. The fourth-order valence-electron chi connectivity index (χ4n) is 3.51. The highest BCUT2D eigenvalue weighted by Crippen LogP contribution is 2.29. The molecule has 178 valence electrons. The van der Waals surface area contributed by atoms with Crippen molar-refractivity contribution in [3.05, 3.63) is 82.3 Å². The van der Waals surface area contributed by atoms with E-state index in [9.17, 15) is 18.0 Å². The lowest BCUT2D eigenvalue weighted by Crippen LogP contribution is -2.40. The smallest absolute Gasteiger partial charge is 0.276 e. The first-order valence-corrected chi connectivity index (χ1v) is 12.0. The van der Waals surface area contributed by atoms with Crippen LogP contribution in [0.5, 0.6) is 5.75 Å². The van der Waals surface area contributed by atoms with Gasteiger partial charge < -0.3 is 14.8 Å². The first-order valence-electron chi connectivity index (χ1n) is 10.6. The summed E-state index contributed by atoms with van der Waals surface area (Å²) in [6.45, 7) is 1.36. The van der Waals surface area contributed by atoms with Crippen molar-refractivity contribution in [2.75, 3.05) is 38.7 Å². The lowest BCUT2D eigenvalue weighted by Gasteiger charge is -2.26. The summed E-state index contributed by atoms with van der Waals surface area (Å²) < 4.78 is 39.1. The average Bonchev–Trinajstić information content (AvgIpc) is 2.86. The summed E-state index contributed by atoms with van der Waals surface area (Å²) >= 11 is 0. The number of morpholine rings is 1. The maximum Gasteiger partial charge on any atom is 0.276 e. The minimum atomic E-state index is -3.77.